The van der Waals surface area contributed by atoms with Crippen molar-refractivity contribution in [3.05, 3.63) is 23.3 Å². The third-order valence-corrected chi connectivity index (χ3v) is 8.28. The van der Waals surface area contributed by atoms with E-state index in [0.717, 1.165) is 0 Å². The van der Waals surface area contributed by atoms with Gasteiger partial charge in [-0.3, -0.25) is 0 Å². The van der Waals surface area contributed by atoms with E-state index >= 15 is 0 Å². The van der Waals surface area contributed by atoms with Gasteiger partial charge in [0.2, 0.25) is 0 Å². The summed E-state index contributed by atoms with van der Waals surface area (Å²) >= 11 is 0. The quantitative estimate of drug-likeness (QED) is 0.708. The molecule has 0 aromatic carbocycles. The van der Waals surface area contributed by atoms with Crippen LogP contribution in [0.4, 0.5) is 0 Å². The van der Waals surface area contributed by atoms with Crippen LogP contribution in [0.15, 0.2) is 23.3 Å². The van der Waals surface area contributed by atoms with E-state index in [9.17, 15) is 0 Å². The molecule has 1 nitrogen and oxygen atoms in total. The Hall–Kier alpha value is -0.343. The highest BCUT2D eigenvalue weighted by atomic mass is 28.3. The summed E-state index contributed by atoms with van der Waals surface area (Å²) in [5, 5.41) is 0.254. The molecule has 0 bridgehead atoms. The zero-order valence-electron chi connectivity index (χ0n) is 12.2. The van der Waals surface area contributed by atoms with Crippen molar-refractivity contribution in [3.8, 4) is 0 Å². The van der Waals surface area contributed by atoms with Gasteiger partial charge in [-0.2, -0.15) is 0 Å². The van der Waals surface area contributed by atoms with Crippen LogP contribution in [-0.4, -0.2) is 13.8 Å². The van der Waals surface area contributed by atoms with E-state index in [1.807, 2.05) is 0 Å². The first kappa shape index (κ1) is 13.7. The molecule has 0 spiro atoms. The molecule has 0 saturated heterocycles. The monoisotopic (exact) mass is 237 g/mol. The van der Waals surface area contributed by atoms with Gasteiger partial charge < -0.3 is 4.98 Å². The fourth-order valence-electron chi connectivity index (χ4n) is 2.84. The van der Waals surface area contributed by atoms with Gasteiger partial charge in [-0.15, -0.1) is 0 Å². The summed E-state index contributed by atoms with van der Waals surface area (Å²) in [7, 11) is -1.53. The number of nitrogens with one attached hydrogen (secondary N) is 1. The van der Waals surface area contributed by atoms with Crippen LogP contribution in [0.5, 0.6) is 0 Å². The molecule has 92 valence electrons. The third-order valence-electron chi connectivity index (χ3n) is 3.77. The minimum atomic E-state index is -1.53. The van der Waals surface area contributed by atoms with E-state index in [-0.39, 0.29) is 10.6 Å². The van der Waals surface area contributed by atoms with Crippen LogP contribution >= 0.6 is 0 Å². The van der Waals surface area contributed by atoms with Crippen molar-refractivity contribution >= 4 is 8.24 Å². The highest BCUT2D eigenvalue weighted by molar-refractivity contribution is 6.79. The van der Waals surface area contributed by atoms with E-state index in [0.29, 0.717) is 0 Å². The molecule has 1 aliphatic rings. The molecule has 1 aliphatic carbocycles. The molecule has 0 amide bonds. The van der Waals surface area contributed by atoms with E-state index in [2.05, 4.69) is 71.8 Å². The maximum Gasteiger partial charge on any atom is 0.133 e. The second-order valence-electron chi connectivity index (χ2n) is 6.92. The van der Waals surface area contributed by atoms with Crippen molar-refractivity contribution in [2.24, 2.45) is 0 Å². The van der Waals surface area contributed by atoms with Crippen LogP contribution < -0.4 is 4.98 Å². The molecule has 1 unspecified atom stereocenters. The first-order valence-electron chi connectivity index (χ1n) is 6.15. The number of rotatable bonds is 2. The SMILES string of the molecule is CC1=CC(C)([Si](C)(C)NC(C)(C)C)C(C)=C1. The number of allylic oxidation sites excluding steroid dienone is 4. The lowest BCUT2D eigenvalue weighted by Gasteiger charge is -2.44. The summed E-state index contributed by atoms with van der Waals surface area (Å²) in [5.41, 5.74) is 3.12. The molecule has 1 rings (SSSR count). The van der Waals surface area contributed by atoms with Gasteiger partial charge in [0, 0.05) is 10.6 Å². The van der Waals surface area contributed by atoms with Crippen molar-refractivity contribution in [2.45, 2.75) is 65.2 Å². The van der Waals surface area contributed by atoms with Crippen LogP contribution in [0.2, 0.25) is 18.1 Å². The fraction of sp³-hybridized carbons (Fsp3) is 0.714. The molecule has 0 radical (unpaired) electrons. The Labute approximate surface area is 102 Å². The van der Waals surface area contributed by atoms with Gasteiger partial charge >= 0.3 is 0 Å². The largest absolute Gasteiger partial charge is 0.332 e. The smallest absolute Gasteiger partial charge is 0.133 e. The van der Waals surface area contributed by atoms with E-state index in [1.165, 1.54) is 11.1 Å². The average Bonchev–Trinajstić information content (AvgIpc) is 2.21. The molecule has 0 aromatic heterocycles. The first-order chi connectivity index (χ1) is 6.98. The molecule has 2 heteroatoms. The Morgan fingerprint density at radius 1 is 1.19 bits per heavy atom. The summed E-state index contributed by atoms with van der Waals surface area (Å²) in [6.07, 6.45) is 4.78. The molecule has 0 aromatic rings. The maximum atomic E-state index is 3.88. The standard InChI is InChI=1S/C14H27NSi/c1-11-9-12(2)14(6,10-11)16(7,8)15-13(3,4)5/h9-10,15H,1-8H3. The molecule has 16 heavy (non-hydrogen) atoms. The van der Waals surface area contributed by atoms with E-state index in [4.69, 9.17) is 0 Å². The van der Waals surface area contributed by atoms with Crippen LogP contribution in [-0.2, 0) is 0 Å². The minimum Gasteiger partial charge on any atom is -0.332 e. The molecule has 0 heterocycles. The highest BCUT2D eigenvalue weighted by Crippen LogP contribution is 2.49. The summed E-state index contributed by atoms with van der Waals surface area (Å²) in [5.74, 6) is 0. The molecule has 0 aliphatic heterocycles. The Morgan fingerprint density at radius 3 is 2.00 bits per heavy atom. The Balaban J connectivity index is 3.05. The predicted molar refractivity (Wildman–Crippen MR) is 76.3 cm³/mol. The molecule has 1 atom stereocenters. The zero-order valence-corrected chi connectivity index (χ0v) is 13.2. The van der Waals surface area contributed by atoms with Crippen molar-refractivity contribution in [1.82, 2.24) is 4.98 Å². The van der Waals surface area contributed by atoms with Crippen molar-refractivity contribution in [3.63, 3.8) is 0 Å². The fourth-order valence-corrected chi connectivity index (χ4v) is 6.62. The summed E-state index contributed by atoms with van der Waals surface area (Å²) in [6.45, 7) is 18.5. The van der Waals surface area contributed by atoms with E-state index < -0.39 is 8.24 Å². The summed E-state index contributed by atoms with van der Waals surface area (Å²) in [4.78, 5) is 3.88. The van der Waals surface area contributed by atoms with E-state index in [1.54, 1.807) is 0 Å². The number of hydrogen-bond acceptors (Lipinski definition) is 1. The van der Waals surface area contributed by atoms with Gasteiger partial charge in [-0.1, -0.05) is 43.3 Å². The second kappa shape index (κ2) is 3.85. The minimum absolute atomic E-state index is 0.198. The average molecular weight is 237 g/mol. The summed E-state index contributed by atoms with van der Waals surface area (Å²) < 4.78 is 0. The van der Waals surface area contributed by atoms with Gasteiger partial charge in [0.15, 0.2) is 0 Å². The van der Waals surface area contributed by atoms with Gasteiger partial charge in [0.1, 0.15) is 8.24 Å². The third kappa shape index (κ3) is 2.49. The van der Waals surface area contributed by atoms with Gasteiger partial charge in [0.05, 0.1) is 0 Å². The lowest BCUT2D eigenvalue weighted by Crippen LogP contribution is -2.60. The normalized spacial score (nSPS) is 26.8. The van der Waals surface area contributed by atoms with Crippen molar-refractivity contribution in [1.29, 1.82) is 0 Å². The van der Waals surface area contributed by atoms with Crippen LogP contribution in [0, 0.1) is 0 Å². The summed E-state index contributed by atoms with van der Waals surface area (Å²) in [6, 6.07) is 0. The van der Waals surface area contributed by atoms with Crippen molar-refractivity contribution < 1.29 is 0 Å². The van der Waals surface area contributed by atoms with Gasteiger partial charge in [0.25, 0.3) is 0 Å². The lowest BCUT2D eigenvalue weighted by molar-refractivity contribution is 0.502. The van der Waals surface area contributed by atoms with Crippen LogP contribution in [0.25, 0.3) is 0 Å². The van der Waals surface area contributed by atoms with Gasteiger partial charge in [-0.25, -0.2) is 0 Å². The maximum absolute atomic E-state index is 3.88. The molecular weight excluding hydrogens is 210 g/mol. The molecule has 1 N–H and O–H groups in total. The Morgan fingerprint density at radius 2 is 1.69 bits per heavy atom. The lowest BCUT2D eigenvalue weighted by atomic mass is 10.1. The van der Waals surface area contributed by atoms with Crippen molar-refractivity contribution in [2.75, 3.05) is 0 Å². The number of hydrogen-bond donors (Lipinski definition) is 1. The molecular formula is C14H27NSi. The van der Waals surface area contributed by atoms with Crippen LogP contribution in [0.3, 0.4) is 0 Å². The zero-order chi connectivity index (χ0) is 12.8. The molecule has 0 fully saturated rings. The topological polar surface area (TPSA) is 12.0 Å². The van der Waals surface area contributed by atoms with Crippen LogP contribution in [0.1, 0.15) is 41.5 Å². The Kier molecular flexibility index (Phi) is 3.30. The Bertz CT molecular complexity index is 344. The first-order valence-corrected chi connectivity index (χ1v) is 9.15. The molecule has 0 saturated carbocycles. The second-order valence-corrected chi connectivity index (χ2v) is 11.5. The van der Waals surface area contributed by atoms with Gasteiger partial charge in [-0.05, 0) is 34.6 Å². The predicted octanol–water partition coefficient (Wildman–Crippen LogP) is 4.25. The highest BCUT2D eigenvalue weighted by Gasteiger charge is 2.46.